The largest absolute Gasteiger partial charge is 0.486 e. The molecule has 0 saturated carbocycles. The van der Waals surface area contributed by atoms with Crippen molar-refractivity contribution >= 4 is 16.8 Å². The molecule has 140 valence electrons. The van der Waals surface area contributed by atoms with Crippen LogP contribution >= 0.6 is 0 Å². The first-order valence-electron chi connectivity index (χ1n) is 9.33. The molecule has 1 amide bonds. The van der Waals surface area contributed by atoms with Gasteiger partial charge in [-0.2, -0.15) is 0 Å². The topological polar surface area (TPSA) is 54.6 Å². The number of fused-ring (bicyclic) bond motifs is 2. The zero-order valence-electron chi connectivity index (χ0n) is 15.9. The Bertz CT molecular complexity index is 992. The molecule has 0 fully saturated rings. The van der Waals surface area contributed by atoms with Crippen molar-refractivity contribution in [2.24, 2.45) is 0 Å². The third kappa shape index (κ3) is 3.25. The van der Waals surface area contributed by atoms with E-state index in [0.717, 1.165) is 28.1 Å². The number of amides is 1. The molecule has 0 bridgehead atoms. The molecule has 0 spiro atoms. The van der Waals surface area contributed by atoms with Gasteiger partial charge >= 0.3 is 0 Å². The Morgan fingerprint density at radius 2 is 1.96 bits per heavy atom. The molecule has 1 N–H and O–H groups in total. The zero-order valence-corrected chi connectivity index (χ0v) is 15.9. The van der Waals surface area contributed by atoms with Crippen molar-refractivity contribution in [3.05, 3.63) is 59.3 Å². The molecule has 1 atom stereocenters. The second-order valence-electron chi connectivity index (χ2n) is 6.98. The molecule has 27 heavy (non-hydrogen) atoms. The molecule has 1 aromatic heterocycles. The fourth-order valence-corrected chi connectivity index (χ4v) is 3.53. The maximum Gasteiger partial charge on any atom is 0.253 e. The fourth-order valence-electron chi connectivity index (χ4n) is 3.53. The monoisotopic (exact) mass is 364 g/mol. The van der Waals surface area contributed by atoms with Crippen LogP contribution in [0.1, 0.15) is 28.5 Å². The smallest absolute Gasteiger partial charge is 0.253 e. The number of para-hydroxylation sites is 2. The highest BCUT2D eigenvalue weighted by molar-refractivity contribution is 5.99. The quantitative estimate of drug-likeness (QED) is 0.759. The van der Waals surface area contributed by atoms with Crippen LogP contribution < -0.4 is 9.47 Å². The summed E-state index contributed by atoms with van der Waals surface area (Å²) in [7, 11) is 0. The van der Waals surface area contributed by atoms with E-state index in [9.17, 15) is 4.79 Å². The van der Waals surface area contributed by atoms with E-state index in [0.29, 0.717) is 25.3 Å². The number of H-pyrrole nitrogens is 1. The number of carbonyl (C=O) groups excluding carboxylic acids is 1. The second kappa shape index (κ2) is 6.99. The Labute approximate surface area is 158 Å². The summed E-state index contributed by atoms with van der Waals surface area (Å²) < 4.78 is 11.8. The fraction of sp³-hybridized carbons (Fsp3) is 0.318. The van der Waals surface area contributed by atoms with Crippen LogP contribution in [0.4, 0.5) is 0 Å². The minimum absolute atomic E-state index is 0.0140. The average Bonchev–Trinajstić information content (AvgIpc) is 2.99. The summed E-state index contributed by atoms with van der Waals surface area (Å²) in [6, 6.07) is 13.5. The molecule has 2 heterocycles. The second-order valence-corrected chi connectivity index (χ2v) is 6.98. The summed E-state index contributed by atoms with van der Waals surface area (Å²) in [6.07, 6.45) is -0.177. The maximum atomic E-state index is 13.1. The number of aryl methyl sites for hydroxylation is 2. The van der Waals surface area contributed by atoms with Crippen molar-refractivity contribution in [3.8, 4) is 11.5 Å². The molecular formula is C22H24N2O3. The van der Waals surface area contributed by atoms with Gasteiger partial charge in [0.1, 0.15) is 6.61 Å². The molecule has 0 saturated heterocycles. The molecule has 1 aliphatic heterocycles. The maximum absolute atomic E-state index is 13.1. The first kappa shape index (κ1) is 17.5. The number of likely N-dealkylation sites (N-methyl/N-ethyl adjacent to an activating group) is 1. The van der Waals surface area contributed by atoms with E-state index in [-0.39, 0.29) is 12.0 Å². The highest BCUT2D eigenvalue weighted by atomic mass is 16.6. The van der Waals surface area contributed by atoms with Gasteiger partial charge in [0.15, 0.2) is 17.6 Å². The van der Waals surface area contributed by atoms with Gasteiger partial charge in [-0.25, -0.2) is 0 Å². The molecule has 4 rings (SSSR count). The van der Waals surface area contributed by atoms with E-state index in [2.05, 4.69) is 11.9 Å². The molecule has 5 nitrogen and oxygen atoms in total. The van der Waals surface area contributed by atoms with E-state index >= 15 is 0 Å². The molecule has 5 heteroatoms. The Hall–Kier alpha value is -2.95. The van der Waals surface area contributed by atoms with Crippen molar-refractivity contribution in [3.63, 3.8) is 0 Å². The predicted molar refractivity (Wildman–Crippen MR) is 106 cm³/mol. The minimum Gasteiger partial charge on any atom is -0.486 e. The number of ether oxygens (including phenoxy) is 2. The lowest BCUT2D eigenvalue weighted by molar-refractivity contribution is 0.0475. The summed E-state index contributed by atoms with van der Waals surface area (Å²) in [5.41, 5.74) is 4.07. The van der Waals surface area contributed by atoms with Gasteiger partial charge in [-0.15, -0.1) is 0 Å². The van der Waals surface area contributed by atoms with E-state index in [1.165, 1.54) is 5.56 Å². The Balaban J connectivity index is 1.52. The average molecular weight is 364 g/mol. The third-order valence-electron chi connectivity index (χ3n) is 5.22. The summed E-state index contributed by atoms with van der Waals surface area (Å²) in [5, 5.41) is 1.10. The van der Waals surface area contributed by atoms with Gasteiger partial charge < -0.3 is 19.4 Å². The van der Waals surface area contributed by atoms with E-state index in [4.69, 9.17) is 9.47 Å². The van der Waals surface area contributed by atoms with Gasteiger partial charge in [0.2, 0.25) is 0 Å². The number of aromatic amines is 1. The normalized spacial score (nSPS) is 15.7. The van der Waals surface area contributed by atoms with Crippen molar-refractivity contribution in [1.82, 2.24) is 9.88 Å². The number of carbonyl (C=O) groups is 1. The molecular weight excluding hydrogens is 340 g/mol. The van der Waals surface area contributed by atoms with E-state index < -0.39 is 0 Å². The summed E-state index contributed by atoms with van der Waals surface area (Å²) >= 11 is 0. The molecule has 2 aromatic carbocycles. The SMILES string of the molecule is CCN(CC1COc2ccccc2O1)C(=O)c1ccc2[nH]c(C)c(C)c2c1. The summed E-state index contributed by atoms with van der Waals surface area (Å²) in [5.74, 6) is 1.50. The summed E-state index contributed by atoms with van der Waals surface area (Å²) in [6.45, 7) is 7.66. The first-order valence-corrected chi connectivity index (χ1v) is 9.33. The number of nitrogens with zero attached hydrogens (tertiary/aromatic N) is 1. The van der Waals surface area contributed by atoms with Crippen molar-refractivity contribution < 1.29 is 14.3 Å². The van der Waals surface area contributed by atoms with Crippen LogP contribution in [-0.4, -0.2) is 41.6 Å². The van der Waals surface area contributed by atoms with Crippen LogP contribution in [0.25, 0.3) is 10.9 Å². The Morgan fingerprint density at radius 1 is 1.19 bits per heavy atom. The van der Waals surface area contributed by atoms with Gasteiger partial charge in [0.05, 0.1) is 6.54 Å². The molecule has 3 aromatic rings. The van der Waals surface area contributed by atoms with Crippen LogP contribution in [-0.2, 0) is 0 Å². The van der Waals surface area contributed by atoms with Crippen molar-refractivity contribution in [1.29, 1.82) is 0 Å². The lowest BCUT2D eigenvalue weighted by Gasteiger charge is -2.31. The predicted octanol–water partition coefficient (Wildman–Crippen LogP) is 4.09. The molecule has 0 radical (unpaired) electrons. The van der Waals surface area contributed by atoms with Crippen LogP contribution in [0.2, 0.25) is 0 Å². The van der Waals surface area contributed by atoms with Gasteiger partial charge in [-0.05, 0) is 56.7 Å². The van der Waals surface area contributed by atoms with Crippen LogP contribution in [0.15, 0.2) is 42.5 Å². The van der Waals surface area contributed by atoms with Gasteiger partial charge in [-0.1, -0.05) is 12.1 Å². The number of aromatic nitrogens is 1. The third-order valence-corrected chi connectivity index (χ3v) is 5.22. The number of rotatable bonds is 4. The number of benzene rings is 2. The van der Waals surface area contributed by atoms with Crippen molar-refractivity contribution in [2.45, 2.75) is 26.9 Å². The highest BCUT2D eigenvalue weighted by Gasteiger charge is 2.25. The summed E-state index contributed by atoms with van der Waals surface area (Å²) in [4.78, 5) is 18.2. The number of hydrogen-bond acceptors (Lipinski definition) is 3. The molecule has 1 aliphatic rings. The molecule has 0 aliphatic carbocycles. The van der Waals surface area contributed by atoms with E-state index in [1.807, 2.05) is 61.2 Å². The lowest BCUT2D eigenvalue weighted by atomic mass is 10.1. The first-order chi connectivity index (χ1) is 13.1. The standard InChI is InChI=1S/C22H24N2O3/c1-4-24(12-17-13-26-20-7-5-6-8-21(20)27-17)22(25)16-9-10-19-18(11-16)14(2)15(3)23-19/h5-11,17,23H,4,12-13H2,1-3H3. The Morgan fingerprint density at radius 3 is 2.74 bits per heavy atom. The van der Waals surface area contributed by atoms with Crippen molar-refractivity contribution in [2.75, 3.05) is 19.7 Å². The van der Waals surface area contributed by atoms with Crippen LogP contribution in [0, 0.1) is 13.8 Å². The highest BCUT2D eigenvalue weighted by Crippen LogP contribution is 2.31. The van der Waals surface area contributed by atoms with Crippen LogP contribution in [0.5, 0.6) is 11.5 Å². The number of hydrogen-bond donors (Lipinski definition) is 1. The van der Waals surface area contributed by atoms with E-state index in [1.54, 1.807) is 0 Å². The molecule has 1 unspecified atom stereocenters. The van der Waals surface area contributed by atoms with Gasteiger partial charge in [0.25, 0.3) is 5.91 Å². The lowest BCUT2D eigenvalue weighted by Crippen LogP contribution is -2.43. The Kier molecular flexibility index (Phi) is 4.52. The van der Waals surface area contributed by atoms with Gasteiger partial charge in [0, 0.05) is 28.7 Å². The zero-order chi connectivity index (χ0) is 19.0. The van der Waals surface area contributed by atoms with Crippen LogP contribution in [0.3, 0.4) is 0 Å². The minimum atomic E-state index is -0.177. The van der Waals surface area contributed by atoms with Gasteiger partial charge in [-0.3, -0.25) is 4.79 Å². The number of nitrogens with one attached hydrogen (secondary N) is 1.